The standard InChI is InChI=1S/C9H8N6OS/c16-9(8-10-4-11-13-8)12-5-2-1-3-6-7(5)15-17-14-6/h1-2,4-5H,3H2,(H,12,16)(H,10,11,13). The highest BCUT2D eigenvalue weighted by Gasteiger charge is 2.23. The van der Waals surface area contributed by atoms with Gasteiger partial charge in [-0.1, -0.05) is 12.2 Å². The molecule has 2 aromatic heterocycles. The van der Waals surface area contributed by atoms with Crippen molar-refractivity contribution in [3.63, 3.8) is 0 Å². The van der Waals surface area contributed by atoms with Crippen LogP contribution in [-0.4, -0.2) is 29.8 Å². The number of rotatable bonds is 2. The third-order valence-electron chi connectivity index (χ3n) is 2.44. The Morgan fingerprint density at radius 2 is 2.47 bits per heavy atom. The Kier molecular flexibility index (Phi) is 2.41. The van der Waals surface area contributed by atoms with Gasteiger partial charge >= 0.3 is 0 Å². The Morgan fingerprint density at radius 1 is 1.53 bits per heavy atom. The van der Waals surface area contributed by atoms with Crippen LogP contribution in [0.1, 0.15) is 28.0 Å². The molecule has 1 atom stereocenters. The molecule has 0 spiro atoms. The molecule has 2 heterocycles. The Morgan fingerprint density at radius 3 is 3.29 bits per heavy atom. The number of carbonyl (C=O) groups is 1. The molecular formula is C9H8N6OS. The lowest BCUT2D eigenvalue weighted by molar-refractivity contribution is 0.0933. The van der Waals surface area contributed by atoms with Crippen molar-refractivity contribution < 1.29 is 4.79 Å². The second kappa shape index (κ2) is 4.06. The molecule has 0 radical (unpaired) electrons. The monoisotopic (exact) mass is 248 g/mol. The first-order valence-electron chi connectivity index (χ1n) is 4.99. The van der Waals surface area contributed by atoms with E-state index in [2.05, 4.69) is 29.2 Å². The fourth-order valence-corrected chi connectivity index (χ4v) is 2.25. The topological polar surface area (TPSA) is 96.5 Å². The number of hydrogen-bond donors (Lipinski definition) is 2. The zero-order chi connectivity index (χ0) is 11.7. The van der Waals surface area contributed by atoms with Crippen molar-refractivity contribution in [2.75, 3.05) is 0 Å². The fourth-order valence-electron chi connectivity index (χ4n) is 1.64. The number of H-pyrrole nitrogens is 1. The molecule has 1 amide bonds. The largest absolute Gasteiger partial charge is 0.337 e. The van der Waals surface area contributed by atoms with Gasteiger partial charge in [0, 0.05) is 6.42 Å². The predicted molar refractivity (Wildman–Crippen MR) is 59.3 cm³/mol. The third kappa shape index (κ3) is 1.82. The summed E-state index contributed by atoms with van der Waals surface area (Å²) in [5, 5.41) is 8.95. The zero-order valence-corrected chi connectivity index (χ0v) is 9.44. The molecule has 2 aromatic rings. The molecule has 86 valence electrons. The van der Waals surface area contributed by atoms with Gasteiger partial charge in [0.25, 0.3) is 5.91 Å². The van der Waals surface area contributed by atoms with Gasteiger partial charge in [0.15, 0.2) is 0 Å². The maximum Gasteiger partial charge on any atom is 0.289 e. The molecule has 1 unspecified atom stereocenters. The van der Waals surface area contributed by atoms with Crippen molar-refractivity contribution in [2.24, 2.45) is 0 Å². The van der Waals surface area contributed by atoms with Crippen LogP contribution in [0.15, 0.2) is 18.5 Å². The van der Waals surface area contributed by atoms with Gasteiger partial charge in [0.05, 0.1) is 23.5 Å². The van der Waals surface area contributed by atoms with Gasteiger partial charge in [0.2, 0.25) is 5.82 Å². The van der Waals surface area contributed by atoms with Gasteiger partial charge in [-0.3, -0.25) is 9.89 Å². The van der Waals surface area contributed by atoms with Crippen molar-refractivity contribution in [3.05, 3.63) is 35.7 Å². The summed E-state index contributed by atoms with van der Waals surface area (Å²) in [7, 11) is 0. The van der Waals surface area contributed by atoms with Crippen LogP contribution >= 0.6 is 11.7 Å². The number of aromatic amines is 1. The number of carbonyl (C=O) groups excluding carboxylic acids is 1. The summed E-state index contributed by atoms with van der Waals surface area (Å²) in [5.74, 6) is -0.119. The van der Waals surface area contributed by atoms with E-state index in [4.69, 9.17) is 0 Å². The molecule has 0 fully saturated rings. The maximum absolute atomic E-state index is 11.8. The molecular weight excluding hydrogens is 240 g/mol. The summed E-state index contributed by atoms with van der Waals surface area (Å²) in [4.78, 5) is 15.6. The first-order chi connectivity index (χ1) is 8.34. The van der Waals surface area contributed by atoms with Gasteiger partial charge in [-0.15, -0.1) is 0 Å². The highest BCUT2D eigenvalue weighted by atomic mass is 32.1. The summed E-state index contributed by atoms with van der Waals surface area (Å²) in [6, 6.07) is -0.241. The second-order valence-electron chi connectivity index (χ2n) is 3.51. The number of hydrogen-bond acceptors (Lipinski definition) is 6. The number of nitrogens with one attached hydrogen (secondary N) is 2. The molecule has 1 aliphatic rings. The Labute approximate surface area is 100 Å². The van der Waals surface area contributed by atoms with Gasteiger partial charge in [-0.05, 0) is 0 Å². The molecule has 0 aromatic carbocycles. The lowest BCUT2D eigenvalue weighted by Gasteiger charge is -2.15. The summed E-state index contributed by atoms with van der Waals surface area (Å²) >= 11 is 1.16. The molecule has 0 saturated carbocycles. The van der Waals surface area contributed by atoms with Gasteiger partial charge in [0.1, 0.15) is 12.0 Å². The number of nitrogens with zero attached hydrogens (tertiary/aromatic N) is 4. The zero-order valence-electron chi connectivity index (χ0n) is 8.62. The molecule has 1 aliphatic carbocycles. The summed E-state index contributed by atoms with van der Waals surface area (Å²) in [6.45, 7) is 0. The van der Waals surface area contributed by atoms with Gasteiger partial charge in [-0.25, -0.2) is 4.98 Å². The van der Waals surface area contributed by atoms with E-state index < -0.39 is 0 Å². The van der Waals surface area contributed by atoms with Crippen molar-refractivity contribution >= 4 is 17.6 Å². The molecule has 3 rings (SSSR count). The lowest BCUT2D eigenvalue weighted by atomic mass is 10.0. The first-order valence-corrected chi connectivity index (χ1v) is 5.72. The fraction of sp³-hybridized carbons (Fsp3) is 0.222. The van der Waals surface area contributed by atoms with Crippen LogP contribution < -0.4 is 5.32 Å². The maximum atomic E-state index is 11.8. The Hall–Kier alpha value is -2.09. The quantitative estimate of drug-likeness (QED) is 0.742. The minimum absolute atomic E-state index is 0.189. The summed E-state index contributed by atoms with van der Waals surface area (Å²) < 4.78 is 8.36. The number of aromatic nitrogens is 5. The average molecular weight is 248 g/mol. The normalized spacial score (nSPS) is 17.8. The van der Waals surface area contributed by atoms with E-state index in [-0.39, 0.29) is 17.8 Å². The van der Waals surface area contributed by atoms with E-state index in [1.54, 1.807) is 0 Å². The van der Waals surface area contributed by atoms with E-state index in [9.17, 15) is 4.79 Å². The number of amides is 1. The van der Waals surface area contributed by atoms with Crippen LogP contribution in [0.3, 0.4) is 0 Å². The SMILES string of the molecule is O=C(NC1C=CCc2nsnc21)c1ncn[nH]1. The van der Waals surface area contributed by atoms with E-state index >= 15 is 0 Å². The molecule has 17 heavy (non-hydrogen) atoms. The smallest absolute Gasteiger partial charge is 0.289 e. The van der Waals surface area contributed by atoms with Crippen LogP contribution in [0.4, 0.5) is 0 Å². The number of fused-ring (bicyclic) bond motifs is 1. The Balaban J connectivity index is 1.80. The van der Waals surface area contributed by atoms with E-state index in [1.807, 2.05) is 12.2 Å². The first kappa shape index (κ1) is 10.1. The molecule has 0 aliphatic heterocycles. The van der Waals surface area contributed by atoms with E-state index in [1.165, 1.54) is 6.33 Å². The van der Waals surface area contributed by atoms with Crippen LogP contribution in [0.25, 0.3) is 0 Å². The summed E-state index contributed by atoms with van der Waals surface area (Å²) in [6.07, 6.45) is 5.93. The van der Waals surface area contributed by atoms with Crippen molar-refractivity contribution in [1.82, 2.24) is 29.2 Å². The molecule has 0 bridgehead atoms. The molecule has 7 nitrogen and oxygen atoms in total. The van der Waals surface area contributed by atoms with Gasteiger partial charge in [-0.2, -0.15) is 13.8 Å². The van der Waals surface area contributed by atoms with Crippen molar-refractivity contribution in [1.29, 1.82) is 0 Å². The number of allylic oxidation sites excluding steroid dienone is 1. The highest BCUT2D eigenvalue weighted by Crippen LogP contribution is 2.22. The third-order valence-corrected chi connectivity index (χ3v) is 3.02. The minimum atomic E-state index is -0.307. The summed E-state index contributed by atoms with van der Waals surface area (Å²) in [5.41, 5.74) is 1.73. The van der Waals surface area contributed by atoms with E-state index in [0.717, 1.165) is 29.5 Å². The van der Waals surface area contributed by atoms with Crippen LogP contribution in [0.5, 0.6) is 0 Å². The second-order valence-corrected chi connectivity index (χ2v) is 4.04. The van der Waals surface area contributed by atoms with E-state index in [0.29, 0.717) is 0 Å². The van der Waals surface area contributed by atoms with Crippen molar-refractivity contribution in [2.45, 2.75) is 12.5 Å². The lowest BCUT2D eigenvalue weighted by Crippen LogP contribution is -2.30. The predicted octanol–water partition coefficient (Wildman–Crippen LogP) is 0.240. The van der Waals surface area contributed by atoms with Crippen molar-refractivity contribution in [3.8, 4) is 0 Å². The molecule has 2 N–H and O–H groups in total. The molecule has 0 saturated heterocycles. The van der Waals surface area contributed by atoms with Crippen LogP contribution in [-0.2, 0) is 6.42 Å². The Bertz CT molecular complexity index is 560. The van der Waals surface area contributed by atoms with Crippen LogP contribution in [0.2, 0.25) is 0 Å². The molecule has 8 heteroatoms. The highest BCUT2D eigenvalue weighted by molar-refractivity contribution is 6.99. The average Bonchev–Trinajstić information content (AvgIpc) is 3.00. The van der Waals surface area contributed by atoms with Crippen LogP contribution in [0, 0.1) is 0 Å². The van der Waals surface area contributed by atoms with Gasteiger partial charge < -0.3 is 5.32 Å². The minimum Gasteiger partial charge on any atom is -0.337 e.